The highest BCUT2D eigenvalue weighted by Crippen LogP contribution is 2.31. The SMILES string of the molecule is CCCC(CCC)Nc1c(CNCc2ccc(N(C)C)cc2)c(CC)nc2c1cnn2CC. The van der Waals surface area contributed by atoms with E-state index in [0.717, 1.165) is 42.8 Å². The van der Waals surface area contributed by atoms with Crippen molar-refractivity contribution in [2.24, 2.45) is 0 Å². The number of fused-ring (bicyclic) bond motifs is 1. The molecule has 0 aliphatic rings. The molecule has 0 aliphatic heterocycles. The van der Waals surface area contributed by atoms with E-state index in [1.165, 1.54) is 48.2 Å². The molecule has 0 atom stereocenters. The first kappa shape index (κ1) is 25.0. The molecule has 0 radical (unpaired) electrons. The molecule has 6 nitrogen and oxygen atoms in total. The fourth-order valence-electron chi connectivity index (χ4n) is 4.49. The molecule has 2 aromatic heterocycles. The predicted molar refractivity (Wildman–Crippen MR) is 141 cm³/mol. The maximum atomic E-state index is 5.06. The summed E-state index contributed by atoms with van der Waals surface area (Å²) in [7, 11) is 4.14. The average Bonchev–Trinajstić information content (AvgIpc) is 3.23. The Morgan fingerprint density at radius 2 is 1.67 bits per heavy atom. The summed E-state index contributed by atoms with van der Waals surface area (Å²) in [4.78, 5) is 7.18. The van der Waals surface area contributed by atoms with Gasteiger partial charge < -0.3 is 15.5 Å². The molecule has 0 fully saturated rings. The number of nitrogens with one attached hydrogen (secondary N) is 2. The maximum absolute atomic E-state index is 5.06. The number of aryl methyl sites for hydroxylation is 2. The first-order valence-electron chi connectivity index (χ1n) is 12.6. The monoisotopic (exact) mass is 450 g/mol. The fourth-order valence-corrected chi connectivity index (χ4v) is 4.49. The van der Waals surface area contributed by atoms with Crippen LogP contribution in [0, 0.1) is 0 Å². The lowest BCUT2D eigenvalue weighted by Gasteiger charge is -2.23. The summed E-state index contributed by atoms with van der Waals surface area (Å²) >= 11 is 0. The first-order chi connectivity index (χ1) is 16.0. The molecular formula is C27H42N6. The minimum atomic E-state index is 0.470. The lowest BCUT2D eigenvalue weighted by molar-refractivity contribution is 0.585. The molecule has 1 aromatic carbocycles. The third kappa shape index (κ3) is 6.05. The van der Waals surface area contributed by atoms with Crippen molar-refractivity contribution in [3.63, 3.8) is 0 Å². The topological polar surface area (TPSA) is 58.0 Å². The molecule has 0 unspecified atom stereocenters. The van der Waals surface area contributed by atoms with Crippen LogP contribution in [0.1, 0.15) is 70.2 Å². The van der Waals surface area contributed by atoms with Crippen molar-refractivity contribution in [2.45, 2.75) is 85.5 Å². The normalized spacial score (nSPS) is 11.5. The lowest BCUT2D eigenvalue weighted by Crippen LogP contribution is -2.23. The number of anilines is 2. The van der Waals surface area contributed by atoms with E-state index in [0.29, 0.717) is 6.04 Å². The van der Waals surface area contributed by atoms with Gasteiger partial charge in [0.25, 0.3) is 0 Å². The Morgan fingerprint density at radius 3 is 2.24 bits per heavy atom. The van der Waals surface area contributed by atoms with E-state index in [1.54, 1.807) is 0 Å². The second-order valence-corrected chi connectivity index (χ2v) is 9.05. The van der Waals surface area contributed by atoms with E-state index < -0.39 is 0 Å². The highest BCUT2D eigenvalue weighted by molar-refractivity contribution is 5.91. The van der Waals surface area contributed by atoms with E-state index in [4.69, 9.17) is 4.98 Å². The van der Waals surface area contributed by atoms with Crippen LogP contribution in [0.4, 0.5) is 11.4 Å². The molecule has 180 valence electrons. The number of pyridine rings is 1. The van der Waals surface area contributed by atoms with Gasteiger partial charge in [-0.3, -0.25) is 0 Å². The minimum absolute atomic E-state index is 0.470. The Hall–Kier alpha value is -2.60. The van der Waals surface area contributed by atoms with Crippen molar-refractivity contribution in [2.75, 3.05) is 24.3 Å². The van der Waals surface area contributed by atoms with E-state index in [1.807, 2.05) is 10.9 Å². The Morgan fingerprint density at radius 1 is 0.970 bits per heavy atom. The molecular weight excluding hydrogens is 408 g/mol. The predicted octanol–water partition coefficient (Wildman–Crippen LogP) is 5.75. The molecule has 0 amide bonds. The molecule has 3 aromatic rings. The van der Waals surface area contributed by atoms with Crippen LogP contribution in [0.25, 0.3) is 11.0 Å². The van der Waals surface area contributed by atoms with E-state index in [9.17, 15) is 0 Å². The average molecular weight is 451 g/mol. The van der Waals surface area contributed by atoms with Gasteiger partial charge in [0.05, 0.1) is 17.3 Å². The van der Waals surface area contributed by atoms with Crippen molar-refractivity contribution < 1.29 is 0 Å². The summed E-state index contributed by atoms with van der Waals surface area (Å²) in [5.41, 5.74) is 7.16. The highest BCUT2D eigenvalue weighted by atomic mass is 15.3. The molecule has 2 heterocycles. The number of nitrogens with zero attached hydrogens (tertiary/aromatic N) is 4. The summed E-state index contributed by atoms with van der Waals surface area (Å²) in [6, 6.07) is 9.22. The highest BCUT2D eigenvalue weighted by Gasteiger charge is 2.19. The van der Waals surface area contributed by atoms with Crippen molar-refractivity contribution >= 4 is 22.4 Å². The fraction of sp³-hybridized carbons (Fsp3) is 0.556. The van der Waals surface area contributed by atoms with Crippen molar-refractivity contribution in [3.05, 3.63) is 47.3 Å². The molecule has 3 rings (SSSR count). The van der Waals surface area contributed by atoms with Gasteiger partial charge in [-0.2, -0.15) is 5.10 Å². The van der Waals surface area contributed by atoms with Gasteiger partial charge in [-0.05, 0) is 43.9 Å². The minimum Gasteiger partial charge on any atom is -0.381 e. The van der Waals surface area contributed by atoms with Crippen LogP contribution < -0.4 is 15.5 Å². The van der Waals surface area contributed by atoms with Crippen molar-refractivity contribution in [3.8, 4) is 0 Å². The lowest BCUT2D eigenvalue weighted by atomic mass is 10.0. The standard InChI is InChI=1S/C27H42N6/c1-7-11-21(12-8-2)30-26-23(18-28-17-20-13-15-22(16-14-20)32(5)6)25(9-3)31-27-24(26)19-29-33(27)10-4/h13-16,19,21,28H,7-12,17-18H2,1-6H3,(H,30,31). The van der Waals surface area contributed by atoms with Gasteiger partial charge in [0, 0.05) is 56.7 Å². The zero-order valence-corrected chi connectivity index (χ0v) is 21.4. The van der Waals surface area contributed by atoms with Gasteiger partial charge in [-0.25, -0.2) is 9.67 Å². The molecule has 0 aliphatic carbocycles. The third-order valence-electron chi connectivity index (χ3n) is 6.31. The van der Waals surface area contributed by atoms with Crippen LogP contribution in [0.3, 0.4) is 0 Å². The van der Waals surface area contributed by atoms with Crippen LogP contribution >= 0.6 is 0 Å². The summed E-state index contributed by atoms with van der Waals surface area (Å²) in [6.07, 6.45) is 7.60. The van der Waals surface area contributed by atoms with Crippen LogP contribution in [0.2, 0.25) is 0 Å². The molecule has 0 saturated carbocycles. The number of hydrogen-bond acceptors (Lipinski definition) is 5. The van der Waals surface area contributed by atoms with Crippen LogP contribution in [-0.4, -0.2) is 34.9 Å². The van der Waals surface area contributed by atoms with Gasteiger partial charge in [0.15, 0.2) is 5.65 Å². The van der Waals surface area contributed by atoms with Gasteiger partial charge in [-0.1, -0.05) is 45.7 Å². The summed E-state index contributed by atoms with van der Waals surface area (Å²) < 4.78 is 2.01. The number of benzene rings is 1. The quantitative estimate of drug-likeness (QED) is 0.347. The van der Waals surface area contributed by atoms with Gasteiger partial charge in [0.1, 0.15) is 0 Å². The van der Waals surface area contributed by atoms with Crippen LogP contribution in [0.15, 0.2) is 30.5 Å². The zero-order valence-electron chi connectivity index (χ0n) is 21.4. The second kappa shape index (κ2) is 12.0. The zero-order chi connectivity index (χ0) is 23.8. The molecule has 0 spiro atoms. The van der Waals surface area contributed by atoms with Gasteiger partial charge in [-0.15, -0.1) is 0 Å². The Balaban J connectivity index is 1.90. The van der Waals surface area contributed by atoms with Crippen molar-refractivity contribution in [1.29, 1.82) is 0 Å². The van der Waals surface area contributed by atoms with Crippen LogP contribution in [0.5, 0.6) is 0 Å². The smallest absolute Gasteiger partial charge is 0.160 e. The Labute approximate surface area is 199 Å². The summed E-state index contributed by atoms with van der Waals surface area (Å²) in [5, 5.41) is 13.4. The number of rotatable bonds is 13. The molecule has 0 bridgehead atoms. The second-order valence-electron chi connectivity index (χ2n) is 9.05. The molecule has 0 saturated heterocycles. The number of hydrogen-bond donors (Lipinski definition) is 2. The molecule has 33 heavy (non-hydrogen) atoms. The molecule has 2 N–H and O–H groups in total. The summed E-state index contributed by atoms with van der Waals surface area (Å²) in [6.45, 7) is 11.3. The maximum Gasteiger partial charge on any atom is 0.160 e. The first-order valence-corrected chi connectivity index (χ1v) is 12.6. The van der Waals surface area contributed by atoms with Gasteiger partial charge >= 0.3 is 0 Å². The van der Waals surface area contributed by atoms with Crippen LogP contribution in [-0.2, 0) is 26.1 Å². The third-order valence-corrected chi connectivity index (χ3v) is 6.31. The molecule has 6 heteroatoms. The Kier molecular flexibility index (Phi) is 9.12. The van der Waals surface area contributed by atoms with Gasteiger partial charge in [0.2, 0.25) is 0 Å². The largest absolute Gasteiger partial charge is 0.381 e. The number of aromatic nitrogens is 3. The Bertz CT molecular complexity index is 1000. The van der Waals surface area contributed by atoms with E-state index >= 15 is 0 Å². The van der Waals surface area contributed by atoms with E-state index in [-0.39, 0.29) is 0 Å². The van der Waals surface area contributed by atoms with Crippen molar-refractivity contribution in [1.82, 2.24) is 20.1 Å². The van der Waals surface area contributed by atoms with E-state index in [2.05, 4.69) is 86.7 Å². The summed E-state index contributed by atoms with van der Waals surface area (Å²) in [5.74, 6) is 0.